The predicted octanol–water partition coefficient (Wildman–Crippen LogP) is 2.49. The van der Waals surface area contributed by atoms with Crippen molar-refractivity contribution in [2.75, 3.05) is 0 Å². The molecular formula is C15H15F3N2O3. The van der Waals surface area contributed by atoms with E-state index in [4.69, 9.17) is 0 Å². The molecular weight excluding hydrogens is 313 g/mol. The van der Waals surface area contributed by atoms with Gasteiger partial charge in [0, 0.05) is 11.3 Å². The second-order valence-electron chi connectivity index (χ2n) is 5.05. The molecule has 0 bridgehead atoms. The van der Waals surface area contributed by atoms with E-state index in [1.54, 1.807) is 13.8 Å². The Kier molecular flexibility index (Phi) is 4.74. The van der Waals surface area contributed by atoms with Gasteiger partial charge < -0.3 is 9.84 Å². The van der Waals surface area contributed by atoms with E-state index in [1.807, 2.05) is 0 Å². The molecule has 0 amide bonds. The minimum Gasteiger partial charge on any atom is -0.406 e. The second-order valence-corrected chi connectivity index (χ2v) is 5.05. The minimum absolute atomic E-state index is 0.0492. The number of aromatic nitrogens is 2. The van der Waals surface area contributed by atoms with Gasteiger partial charge in [0.15, 0.2) is 0 Å². The van der Waals surface area contributed by atoms with Crippen molar-refractivity contribution in [3.63, 3.8) is 0 Å². The highest BCUT2D eigenvalue weighted by atomic mass is 19.4. The van der Waals surface area contributed by atoms with Crippen LogP contribution in [0.25, 0.3) is 0 Å². The van der Waals surface area contributed by atoms with Crippen molar-refractivity contribution in [2.45, 2.75) is 32.9 Å². The van der Waals surface area contributed by atoms with Crippen molar-refractivity contribution in [3.8, 4) is 5.75 Å². The number of hydrogen-bond donors (Lipinski definition) is 1. The Morgan fingerprint density at radius 3 is 2.43 bits per heavy atom. The molecule has 0 aliphatic carbocycles. The summed E-state index contributed by atoms with van der Waals surface area (Å²) in [6.07, 6.45) is -4.50. The average Bonchev–Trinajstić information content (AvgIpc) is 2.47. The highest BCUT2D eigenvalue weighted by molar-refractivity contribution is 5.28. The van der Waals surface area contributed by atoms with Crippen molar-refractivity contribution in [2.24, 2.45) is 0 Å². The number of rotatable bonds is 4. The molecule has 1 aromatic heterocycles. The normalized spacial score (nSPS) is 13.0. The first-order valence-corrected chi connectivity index (χ1v) is 6.74. The summed E-state index contributed by atoms with van der Waals surface area (Å²) >= 11 is 0. The quantitative estimate of drug-likeness (QED) is 0.936. The Bertz CT molecular complexity index is 739. The number of ether oxygens (including phenoxy) is 1. The fourth-order valence-corrected chi connectivity index (χ4v) is 1.99. The minimum atomic E-state index is -4.77. The summed E-state index contributed by atoms with van der Waals surface area (Å²) in [4.78, 5) is 16.1. The van der Waals surface area contributed by atoms with Crippen LogP contribution in [0.5, 0.6) is 5.75 Å². The lowest BCUT2D eigenvalue weighted by Crippen LogP contribution is -2.26. The molecule has 2 aromatic rings. The molecule has 1 atom stereocenters. The summed E-state index contributed by atoms with van der Waals surface area (Å²) in [6.45, 7) is 3.29. The van der Waals surface area contributed by atoms with Crippen LogP contribution in [0.4, 0.5) is 13.2 Å². The first-order valence-electron chi connectivity index (χ1n) is 6.74. The Morgan fingerprint density at radius 2 is 1.87 bits per heavy atom. The van der Waals surface area contributed by atoms with E-state index in [0.29, 0.717) is 16.8 Å². The van der Waals surface area contributed by atoms with Gasteiger partial charge in [0.2, 0.25) is 0 Å². The molecule has 1 heterocycles. The van der Waals surface area contributed by atoms with Crippen LogP contribution in [0.2, 0.25) is 0 Å². The van der Waals surface area contributed by atoms with E-state index < -0.39 is 12.5 Å². The van der Waals surface area contributed by atoms with Gasteiger partial charge in [-0.1, -0.05) is 12.1 Å². The van der Waals surface area contributed by atoms with Crippen LogP contribution in [0.1, 0.15) is 22.9 Å². The van der Waals surface area contributed by atoms with Crippen molar-refractivity contribution in [1.82, 2.24) is 9.55 Å². The number of halogens is 3. The number of benzene rings is 1. The second kappa shape index (κ2) is 6.41. The Labute approximate surface area is 130 Å². The summed E-state index contributed by atoms with van der Waals surface area (Å²) in [6, 6.07) is 4.83. The first kappa shape index (κ1) is 17.0. The zero-order chi connectivity index (χ0) is 17.2. The van der Waals surface area contributed by atoms with E-state index in [-0.39, 0.29) is 17.9 Å². The highest BCUT2D eigenvalue weighted by Crippen LogP contribution is 2.24. The SMILES string of the molecule is Cc1ncn(C[C@H](O)c2ccc(OC(F)(F)F)cc2)c(=O)c1C. The molecule has 0 radical (unpaired) electrons. The van der Waals surface area contributed by atoms with Crippen LogP contribution in [-0.4, -0.2) is 21.0 Å². The third kappa shape index (κ3) is 4.32. The maximum atomic E-state index is 12.1. The van der Waals surface area contributed by atoms with Gasteiger partial charge in [-0.05, 0) is 31.5 Å². The molecule has 0 fully saturated rings. The third-order valence-electron chi connectivity index (χ3n) is 3.38. The lowest BCUT2D eigenvalue weighted by Gasteiger charge is -2.15. The first-order chi connectivity index (χ1) is 10.7. The number of aliphatic hydroxyl groups excluding tert-OH is 1. The molecule has 0 aliphatic heterocycles. The highest BCUT2D eigenvalue weighted by Gasteiger charge is 2.31. The summed E-state index contributed by atoms with van der Waals surface area (Å²) < 4.78 is 41.3. The molecule has 8 heteroatoms. The summed E-state index contributed by atoms with van der Waals surface area (Å²) in [5.41, 5.74) is 1.18. The number of hydrogen-bond acceptors (Lipinski definition) is 4. The van der Waals surface area contributed by atoms with Crippen LogP contribution in [0, 0.1) is 13.8 Å². The maximum Gasteiger partial charge on any atom is 0.573 e. The van der Waals surface area contributed by atoms with Gasteiger partial charge in [-0.3, -0.25) is 9.36 Å². The van der Waals surface area contributed by atoms with Gasteiger partial charge in [0.25, 0.3) is 5.56 Å². The predicted molar refractivity (Wildman–Crippen MR) is 76.1 cm³/mol. The van der Waals surface area contributed by atoms with Crippen LogP contribution in [-0.2, 0) is 6.54 Å². The Balaban J connectivity index is 2.14. The topological polar surface area (TPSA) is 64.3 Å². The maximum absolute atomic E-state index is 12.1. The average molecular weight is 328 g/mol. The van der Waals surface area contributed by atoms with E-state index in [9.17, 15) is 23.1 Å². The van der Waals surface area contributed by atoms with Gasteiger partial charge in [-0.15, -0.1) is 13.2 Å². The van der Waals surface area contributed by atoms with E-state index in [2.05, 4.69) is 9.72 Å². The molecule has 0 spiro atoms. The van der Waals surface area contributed by atoms with E-state index in [1.165, 1.54) is 23.0 Å². The number of aryl methyl sites for hydroxylation is 1. The van der Waals surface area contributed by atoms with Crippen LogP contribution in [0.15, 0.2) is 35.4 Å². The molecule has 1 N–H and O–H groups in total. The fourth-order valence-electron chi connectivity index (χ4n) is 1.99. The van der Waals surface area contributed by atoms with Gasteiger partial charge in [0.1, 0.15) is 5.75 Å². The monoisotopic (exact) mass is 328 g/mol. The van der Waals surface area contributed by atoms with Crippen LogP contribution in [0.3, 0.4) is 0 Å². The van der Waals surface area contributed by atoms with Crippen LogP contribution >= 0.6 is 0 Å². The number of nitrogens with zero attached hydrogens (tertiary/aromatic N) is 2. The van der Waals surface area contributed by atoms with Gasteiger partial charge in [0.05, 0.1) is 19.0 Å². The Morgan fingerprint density at radius 1 is 1.26 bits per heavy atom. The van der Waals surface area contributed by atoms with Crippen molar-refractivity contribution >= 4 is 0 Å². The zero-order valence-corrected chi connectivity index (χ0v) is 12.5. The zero-order valence-electron chi connectivity index (χ0n) is 12.5. The molecule has 0 saturated carbocycles. The van der Waals surface area contributed by atoms with Crippen molar-refractivity contribution < 1.29 is 23.0 Å². The lowest BCUT2D eigenvalue weighted by atomic mass is 10.1. The molecule has 0 unspecified atom stereocenters. The molecule has 5 nitrogen and oxygen atoms in total. The molecule has 23 heavy (non-hydrogen) atoms. The number of aliphatic hydroxyl groups is 1. The molecule has 0 saturated heterocycles. The molecule has 2 rings (SSSR count). The largest absolute Gasteiger partial charge is 0.573 e. The van der Waals surface area contributed by atoms with Crippen LogP contribution < -0.4 is 10.3 Å². The van der Waals surface area contributed by atoms with Crippen molar-refractivity contribution in [3.05, 3.63) is 57.8 Å². The fraction of sp³-hybridized carbons (Fsp3) is 0.333. The molecule has 1 aromatic carbocycles. The number of alkyl halides is 3. The lowest BCUT2D eigenvalue weighted by molar-refractivity contribution is -0.274. The molecule has 0 aliphatic rings. The van der Waals surface area contributed by atoms with Gasteiger partial charge in [-0.25, -0.2) is 4.98 Å². The standard InChI is InChI=1S/C15H15F3N2O3/c1-9-10(2)19-8-20(14(9)22)7-13(21)11-3-5-12(6-4-11)23-15(16,17)18/h3-6,8,13,21H,7H2,1-2H3/t13-/m0/s1. The smallest absolute Gasteiger partial charge is 0.406 e. The summed E-state index contributed by atoms with van der Waals surface area (Å²) in [5.74, 6) is -0.376. The van der Waals surface area contributed by atoms with Crippen molar-refractivity contribution in [1.29, 1.82) is 0 Å². The van der Waals surface area contributed by atoms with Gasteiger partial charge >= 0.3 is 6.36 Å². The Hall–Kier alpha value is -2.35. The summed E-state index contributed by atoms with van der Waals surface area (Å²) in [7, 11) is 0. The van der Waals surface area contributed by atoms with E-state index >= 15 is 0 Å². The van der Waals surface area contributed by atoms with Gasteiger partial charge in [-0.2, -0.15) is 0 Å². The van der Waals surface area contributed by atoms with E-state index in [0.717, 1.165) is 12.1 Å². The third-order valence-corrected chi connectivity index (χ3v) is 3.38. The summed E-state index contributed by atoms with van der Waals surface area (Å²) in [5, 5.41) is 10.1. The molecule has 124 valence electrons.